The summed E-state index contributed by atoms with van der Waals surface area (Å²) < 4.78 is 0. The Hall–Kier alpha value is -0.820. The lowest BCUT2D eigenvalue weighted by Gasteiger charge is -2.00. The predicted molar refractivity (Wildman–Crippen MR) is 53.0 cm³/mol. The van der Waals surface area contributed by atoms with Crippen molar-refractivity contribution in [1.29, 1.82) is 0 Å². The highest BCUT2D eigenvalue weighted by molar-refractivity contribution is 6.30. The van der Waals surface area contributed by atoms with Crippen molar-refractivity contribution in [3.63, 3.8) is 0 Å². The molecule has 0 aromatic heterocycles. The Morgan fingerprint density at radius 1 is 1.38 bits per heavy atom. The number of aldehydes is 1. The van der Waals surface area contributed by atoms with Crippen molar-refractivity contribution in [3.05, 3.63) is 34.3 Å². The summed E-state index contributed by atoms with van der Waals surface area (Å²) in [6.45, 7) is 0. The number of benzene rings is 1. The molecule has 1 aromatic rings. The molecule has 2 rings (SSSR count). The Morgan fingerprint density at radius 2 is 2.15 bits per heavy atom. The van der Waals surface area contributed by atoms with Crippen LogP contribution in [0, 0.1) is 5.92 Å². The van der Waals surface area contributed by atoms with Gasteiger partial charge in [0.15, 0.2) is 0 Å². The van der Waals surface area contributed by atoms with Crippen molar-refractivity contribution in [2.75, 3.05) is 0 Å². The number of hydrogen-bond donors (Lipinski definition) is 0. The SMILES string of the molecule is O=CCC1Cc2ccc(Cl)cc2C1. The van der Waals surface area contributed by atoms with Gasteiger partial charge in [0.25, 0.3) is 0 Å². The molecule has 0 heterocycles. The van der Waals surface area contributed by atoms with E-state index in [0.29, 0.717) is 12.3 Å². The first-order valence-electron chi connectivity index (χ1n) is 4.50. The van der Waals surface area contributed by atoms with Crippen molar-refractivity contribution in [3.8, 4) is 0 Å². The monoisotopic (exact) mass is 194 g/mol. The molecule has 0 N–H and O–H groups in total. The van der Waals surface area contributed by atoms with E-state index in [1.165, 1.54) is 11.1 Å². The number of halogens is 1. The maximum Gasteiger partial charge on any atom is 0.120 e. The number of carbonyl (C=O) groups excluding carboxylic acids is 1. The van der Waals surface area contributed by atoms with Crippen LogP contribution in [0.3, 0.4) is 0 Å². The third-order valence-electron chi connectivity index (χ3n) is 2.62. The molecule has 0 spiro atoms. The topological polar surface area (TPSA) is 17.1 Å². The Kier molecular flexibility index (Phi) is 2.36. The fourth-order valence-corrected chi connectivity index (χ4v) is 2.18. The van der Waals surface area contributed by atoms with Gasteiger partial charge in [0.05, 0.1) is 0 Å². The van der Waals surface area contributed by atoms with Crippen LogP contribution in [0.1, 0.15) is 17.5 Å². The van der Waals surface area contributed by atoms with E-state index in [1.807, 2.05) is 12.1 Å². The molecule has 1 unspecified atom stereocenters. The largest absolute Gasteiger partial charge is 0.303 e. The van der Waals surface area contributed by atoms with Gasteiger partial charge in [-0.1, -0.05) is 17.7 Å². The summed E-state index contributed by atoms with van der Waals surface area (Å²) in [5.74, 6) is 0.506. The van der Waals surface area contributed by atoms with Crippen LogP contribution in [0.4, 0.5) is 0 Å². The van der Waals surface area contributed by atoms with Crippen LogP contribution >= 0.6 is 11.6 Å². The first kappa shape index (κ1) is 8.76. The zero-order valence-electron chi connectivity index (χ0n) is 7.29. The summed E-state index contributed by atoms with van der Waals surface area (Å²) in [7, 11) is 0. The van der Waals surface area contributed by atoms with Gasteiger partial charge in [0.1, 0.15) is 6.29 Å². The van der Waals surface area contributed by atoms with Crippen LogP contribution in [-0.2, 0) is 17.6 Å². The molecule has 0 fully saturated rings. The maximum atomic E-state index is 10.4. The summed E-state index contributed by atoms with van der Waals surface area (Å²) in [5.41, 5.74) is 2.68. The lowest BCUT2D eigenvalue weighted by molar-refractivity contribution is -0.108. The summed E-state index contributed by atoms with van der Waals surface area (Å²) >= 11 is 5.88. The highest BCUT2D eigenvalue weighted by atomic mass is 35.5. The minimum absolute atomic E-state index is 0.506. The molecule has 68 valence electrons. The molecule has 1 aromatic carbocycles. The van der Waals surface area contributed by atoms with E-state index in [-0.39, 0.29) is 0 Å². The van der Waals surface area contributed by atoms with Gasteiger partial charge in [-0.2, -0.15) is 0 Å². The molecule has 0 amide bonds. The minimum atomic E-state index is 0.506. The second-order valence-corrected chi connectivity index (χ2v) is 4.03. The van der Waals surface area contributed by atoms with E-state index >= 15 is 0 Å². The van der Waals surface area contributed by atoms with E-state index in [4.69, 9.17) is 11.6 Å². The number of hydrogen-bond acceptors (Lipinski definition) is 1. The normalized spacial score (nSPS) is 19.9. The Bertz CT molecular complexity index is 333. The molecule has 0 radical (unpaired) electrons. The number of carbonyl (C=O) groups is 1. The molecule has 0 aliphatic heterocycles. The van der Waals surface area contributed by atoms with Crippen LogP contribution in [0.25, 0.3) is 0 Å². The second kappa shape index (κ2) is 3.51. The summed E-state index contributed by atoms with van der Waals surface area (Å²) in [5, 5.41) is 0.797. The molecule has 1 nitrogen and oxygen atoms in total. The fourth-order valence-electron chi connectivity index (χ4n) is 1.98. The van der Waals surface area contributed by atoms with Crippen molar-refractivity contribution in [2.45, 2.75) is 19.3 Å². The quantitative estimate of drug-likeness (QED) is 0.662. The van der Waals surface area contributed by atoms with Gasteiger partial charge in [-0.25, -0.2) is 0 Å². The van der Waals surface area contributed by atoms with Crippen molar-refractivity contribution < 1.29 is 4.79 Å². The second-order valence-electron chi connectivity index (χ2n) is 3.59. The van der Waals surface area contributed by atoms with Crippen molar-refractivity contribution in [2.24, 2.45) is 5.92 Å². The molecule has 1 aliphatic rings. The summed E-state index contributed by atoms with van der Waals surface area (Å²) in [4.78, 5) is 10.4. The van der Waals surface area contributed by atoms with Gasteiger partial charge in [0.2, 0.25) is 0 Å². The van der Waals surface area contributed by atoms with E-state index in [0.717, 1.165) is 24.2 Å². The first-order chi connectivity index (χ1) is 6.29. The van der Waals surface area contributed by atoms with Crippen LogP contribution in [-0.4, -0.2) is 6.29 Å². The molecule has 1 aliphatic carbocycles. The van der Waals surface area contributed by atoms with Gasteiger partial charge >= 0.3 is 0 Å². The maximum absolute atomic E-state index is 10.4. The van der Waals surface area contributed by atoms with Crippen molar-refractivity contribution >= 4 is 17.9 Å². The zero-order chi connectivity index (χ0) is 9.26. The van der Waals surface area contributed by atoms with Crippen LogP contribution in [0.5, 0.6) is 0 Å². The van der Waals surface area contributed by atoms with E-state index < -0.39 is 0 Å². The minimum Gasteiger partial charge on any atom is -0.303 e. The average molecular weight is 195 g/mol. The average Bonchev–Trinajstić information content (AvgIpc) is 2.46. The van der Waals surface area contributed by atoms with Gasteiger partial charge in [0, 0.05) is 11.4 Å². The highest BCUT2D eigenvalue weighted by Gasteiger charge is 2.20. The summed E-state index contributed by atoms with van der Waals surface area (Å²) in [6, 6.07) is 6.01. The molecule has 13 heavy (non-hydrogen) atoms. The number of fused-ring (bicyclic) bond motifs is 1. The third kappa shape index (κ3) is 1.75. The lowest BCUT2D eigenvalue weighted by atomic mass is 10.0. The van der Waals surface area contributed by atoms with E-state index in [2.05, 4.69) is 6.07 Å². The van der Waals surface area contributed by atoms with E-state index in [1.54, 1.807) is 0 Å². The molecule has 0 saturated heterocycles. The molecule has 0 saturated carbocycles. The van der Waals surface area contributed by atoms with Crippen molar-refractivity contribution in [1.82, 2.24) is 0 Å². The van der Waals surface area contributed by atoms with Crippen LogP contribution in [0.15, 0.2) is 18.2 Å². The molecular formula is C11H11ClO. The third-order valence-corrected chi connectivity index (χ3v) is 2.85. The standard InChI is InChI=1S/C11H11ClO/c12-11-2-1-9-5-8(3-4-13)6-10(9)7-11/h1-2,4,7-8H,3,5-6H2. The zero-order valence-corrected chi connectivity index (χ0v) is 8.05. The Morgan fingerprint density at radius 3 is 2.92 bits per heavy atom. The lowest BCUT2D eigenvalue weighted by Crippen LogP contribution is -1.99. The molecule has 1 atom stereocenters. The molecule has 2 heteroatoms. The molecule has 0 bridgehead atoms. The fraction of sp³-hybridized carbons (Fsp3) is 0.364. The summed E-state index contributed by atoms with van der Waals surface area (Å²) in [6.07, 6.45) is 3.73. The Labute approximate surface area is 82.7 Å². The van der Waals surface area contributed by atoms with Gasteiger partial charge in [-0.3, -0.25) is 0 Å². The van der Waals surface area contributed by atoms with E-state index in [9.17, 15) is 4.79 Å². The predicted octanol–water partition coefficient (Wildman–Crippen LogP) is 2.64. The Balaban J connectivity index is 2.20. The highest BCUT2D eigenvalue weighted by Crippen LogP contribution is 2.30. The van der Waals surface area contributed by atoms with Crippen LogP contribution < -0.4 is 0 Å². The molecular weight excluding hydrogens is 184 g/mol. The van der Waals surface area contributed by atoms with Gasteiger partial charge in [-0.15, -0.1) is 0 Å². The smallest absolute Gasteiger partial charge is 0.120 e. The van der Waals surface area contributed by atoms with Gasteiger partial charge in [-0.05, 0) is 42.0 Å². The first-order valence-corrected chi connectivity index (χ1v) is 4.88. The number of rotatable bonds is 2. The van der Waals surface area contributed by atoms with Gasteiger partial charge < -0.3 is 4.79 Å². The van der Waals surface area contributed by atoms with Crippen LogP contribution in [0.2, 0.25) is 5.02 Å².